The third-order valence-electron chi connectivity index (χ3n) is 3.06. The number of aryl methyl sites for hydroxylation is 1. The molecule has 1 aromatic carbocycles. The molecule has 0 heterocycles. The largest absolute Gasteiger partial charge is 0.492 e. The smallest absolute Gasteiger partial charge is 0.244 e. The molecule has 0 amide bonds. The predicted octanol–water partition coefficient (Wildman–Crippen LogP) is 3.91. The first-order valence-electron chi connectivity index (χ1n) is 7.35. The molecule has 0 atom stereocenters. The van der Waals surface area contributed by atoms with Crippen molar-refractivity contribution < 1.29 is 13.2 Å². The number of ether oxygens (including phenoxy) is 1. The summed E-state index contributed by atoms with van der Waals surface area (Å²) in [4.78, 5) is 0.114. The second-order valence-corrected chi connectivity index (χ2v) is 7.14. The van der Waals surface area contributed by atoms with Gasteiger partial charge in [0.05, 0.1) is 6.61 Å². The third kappa shape index (κ3) is 5.49. The Morgan fingerprint density at radius 2 is 1.90 bits per heavy atom. The highest BCUT2D eigenvalue weighted by molar-refractivity contribution is 7.89. The van der Waals surface area contributed by atoms with Crippen molar-refractivity contribution >= 4 is 21.6 Å². The summed E-state index contributed by atoms with van der Waals surface area (Å²) >= 11 is 6.06. The van der Waals surface area contributed by atoms with E-state index >= 15 is 0 Å². The molecule has 0 bridgehead atoms. The molecule has 0 fully saturated rings. The van der Waals surface area contributed by atoms with Gasteiger partial charge in [0, 0.05) is 11.6 Å². The molecule has 1 rings (SSSR count). The fourth-order valence-corrected chi connectivity index (χ4v) is 3.32. The maximum atomic E-state index is 12.3. The summed E-state index contributed by atoms with van der Waals surface area (Å²) in [7, 11) is -3.59. The monoisotopic (exact) mass is 333 g/mol. The van der Waals surface area contributed by atoms with Crippen LogP contribution >= 0.6 is 11.6 Å². The summed E-state index contributed by atoms with van der Waals surface area (Å²) in [5.74, 6) is 0.372. The van der Waals surface area contributed by atoms with Crippen molar-refractivity contribution in [2.75, 3.05) is 13.2 Å². The zero-order valence-corrected chi connectivity index (χ0v) is 14.5. The quantitative estimate of drug-likeness (QED) is 0.697. The Bertz CT molecular complexity index is 558. The molecule has 1 aromatic rings. The molecule has 21 heavy (non-hydrogen) atoms. The highest BCUT2D eigenvalue weighted by atomic mass is 35.5. The van der Waals surface area contributed by atoms with Crippen molar-refractivity contribution in [2.45, 2.75) is 51.3 Å². The maximum absolute atomic E-state index is 12.3. The first-order valence-corrected chi connectivity index (χ1v) is 9.21. The molecule has 0 saturated heterocycles. The summed E-state index contributed by atoms with van der Waals surface area (Å²) in [6.07, 6.45) is 3.78. The van der Waals surface area contributed by atoms with E-state index in [4.69, 9.17) is 16.3 Å². The molecular formula is C15H24ClNO3S. The number of nitrogens with one attached hydrogen (secondary N) is 1. The molecule has 0 spiro atoms. The molecule has 0 aliphatic carbocycles. The summed E-state index contributed by atoms with van der Waals surface area (Å²) < 4.78 is 32.8. The van der Waals surface area contributed by atoms with E-state index < -0.39 is 10.0 Å². The van der Waals surface area contributed by atoms with Crippen LogP contribution in [-0.4, -0.2) is 21.6 Å². The Balaban J connectivity index is 3.02. The zero-order valence-electron chi connectivity index (χ0n) is 12.9. The number of rotatable bonds is 9. The second kappa shape index (κ2) is 8.61. The van der Waals surface area contributed by atoms with Crippen molar-refractivity contribution in [3.8, 4) is 5.75 Å². The molecular weight excluding hydrogens is 310 g/mol. The number of hydrogen-bond donors (Lipinski definition) is 1. The van der Waals surface area contributed by atoms with Crippen LogP contribution in [0.1, 0.15) is 45.1 Å². The minimum Gasteiger partial charge on any atom is -0.492 e. The van der Waals surface area contributed by atoms with Crippen LogP contribution in [0.5, 0.6) is 5.75 Å². The van der Waals surface area contributed by atoms with Gasteiger partial charge in [0.2, 0.25) is 10.0 Å². The van der Waals surface area contributed by atoms with Gasteiger partial charge in [0.15, 0.2) is 0 Å². The van der Waals surface area contributed by atoms with Gasteiger partial charge in [-0.1, -0.05) is 38.3 Å². The molecule has 0 radical (unpaired) electrons. The minimum atomic E-state index is -3.59. The SMILES string of the molecule is CCCCCOc1cc(C)c(Cl)cc1S(=O)(=O)NCCC. The average molecular weight is 334 g/mol. The number of halogens is 1. The van der Waals surface area contributed by atoms with Crippen molar-refractivity contribution in [3.05, 3.63) is 22.7 Å². The molecule has 0 aliphatic rings. The highest BCUT2D eigenvalue weighted by Crippen LogP contribution is 2.30. The lowest BCUT2D eigenvalue weighted by atomic mass is 10.2. The Kier molecular flexibility index (Phi) is 7.49. The van der Waals surface area contributed by atoms with Gasteiger partial charge in [-0.25, -0.2) is 13.1 Å². The molecule has 6 heteroatoms. The van der Waals surface area contributed by atoms with Gasteiger partial charge in [-0.05, 0) is 37.5 Å². The van der Waals surface area contributed by atoms with E-state index in [1.54, 1.807) is 6.07 Å². The van der Waals surface area contributed by atoms with E-state index in [2.05, 4.69) is 11.6 Å². The highest BCUT2D eigenvalue weighted by Gasteiger charge is 2.20. The van der Waals surface area contributed by atoms with E-state index in [0.29, 0.717) is 23.9 Å². The minimum absolute atomic E-state index is 0.114. The lowest BCUT2D eigenvalue weighted by Crippen LogP contribution is -2.25. The summed E-state index contributed by atoms with van der Waals surface area (Å²) in [5, 5.41) is 0.424. The van der Waals surface area contributed by atoms with Crippen molar-refractivity contribution in [1.82, 2.24) is 4.72 Å². The Morgan fingerprint density at radius 1 is 1.19 bits per heavy atom. The Labute approximate surface area is 132 Å². The van der Waals surface area contributed by atoms with Crippen LogP contribution in [0.15, 0.2) is 17.0 Å². The Morgan fingerprint density at radius 3 is 2.52 bits per heavy atom. The number of unbranched alkanes of at least 4 members (excludes halogenated alkanes) is 2. The second-order valence-electron chi connectivity index (χ2n) is 5.00. The fraction of sp³-hybridized carbons (Fsp3) is 0.600. The van der Waals surface area contributed by atoms with E-state index in [0.717, 1.165) is 31.2 Å². The van der Waals surface area contributed by atoms with Crippen molar-refractivity contribution in [3.63, 3.8) is 0 Å². The molecule has 0 unspecified atom stereocenters. The third-order valence-corrected chi connectivity index (χ3v) is 4.95. The zero-order chi connectivity index (χ0) is 15.9. The topological polar surface area (TPSA) is 55.4 Å². The molecule has 120 valence electrons. The van der Waals surface area contributed by atoms with Gasteiger partial charge in [-0.15, -0.1) is 0 Å². The molecule has 0 saturated carbocycles. The molecule has 4 nitrogen and oxygen atoms in total. The number of benzene rings is 1. The standard InChI is InChI=1S/C15H24ClNO3S/c1-4-6-7-9-20-14-10-12(3)13(16)11-15(14)21(18,19)17-8-5-2/h10-11,17H,4-9H2,1-3H3. The van der Waals surface area contributed by atoms with E-state index in [1.807, 2.05) is 13.8 Å². The van der Waals surface area contributed by atoms with E-state index in [-0.39, 0.29) is 4.90 Å². The van der Waals surface area contributed by atoms with Crippen LogP contribution in [0.4, 0.5) is 0 Å². The first-order chi connectivity index (χ1) is 9.92. The lowest BCUT2D eigenvalue weighted by Gasteiger charge is -2.14. The van der Waals surface area contributed by atoms with Gasteiger partial charge in [-0.3, -0.25) is 0 Å². The van der Waals surface area contributed by atoms with Crippen LogP contribution in [0.3, 0.4) is 0 Å². The summed E-state index contributed by atoms with van der Waals surface area (Å²) in [5.41, 5.74) is 0.802. The van der Waals surface area contributed by atoms with Crippen LogP contribution in [0.25, 0.3) is 0 Å². The van der Waals surface area contributed by atoms with Gasteiger partial charge in [-0.2, -0.15) is 0 Å². The molecule has 1 N–H and O–H groups in total. The van der Waals surface area contributed by atoms with Gasteiger partial charge in [0.25, 0.3) is 0 Å². The van der Waals surface area contributed by atoms with Crippen molar-refractivity contribution in [2.24, 2.45) is 0 Å². The molecule has 0 aliphatic heterocycles. The summed E-state index contributed by atoms with van der Waals surface area (Å²) in [6, 6.07) is 3.15. The van der Waals surface area contributed by atoms with Gasteiger partial charge >= 0.3 is 0 Å². The van der Waals surface area contributed by atoms with Gasteiger partial charge < -0.3 is 4.74 Å². The number of hydrogen-bond acceptors (Lipinski definition) is 3. The van der Waals surface area contributed by atoms with Crippen LogP contribution in [0.2, 0.25) is 5.02 Å². The van der Waals surface area contributed by atoms with Crippen molar-refractivity contribution in [1.29, 1.82) is 0 Å². The van der Waals surface area contributed by atoms with E-state index in [9.17, 15) is 8.42 Å². The van der Waals surface area contributed by atoms with E-state index in [1.165, 1.54) is 6.07 Å². The van der Waals surface area contributed by atoms with Crippen LogP contribution < -0.4 is 9.46 Å². The normalized spacial score (nSPS) is 11.6. The summed E-state index contributed by atoms with van der Waals surface area (Å²) in [6.45, 7) is 6.75. The van der Waals surface area contributed by atoms with Gasteiger partial charge in [0.1, 0.15) is 10.6 Å². The first kappa shape index (κ1) is 18.3. The predicted molar refractivity (Wildman–Crippen MR) is 86.7 cm³/mol. The molecule has 0 aromatic heterocycles. The maximum Gasteiger partial charge on any atom is 0.244 e. The Hall–Kier alpha value is -0.780. The van der Waals surface area contributed by atoms with Crippen LogP contribution in [-0.2, 0) is 10.0 Å². The van der Waals surface area contributed by atoms with Crippen LogP contribution in [0, 0.1) is 6.92 Å². The number of sulfonamides is 1. The average Bonchev–Trinajstić information content (AvgIpc) is 2.44. The fourth-order valence-electron chi connectivity index (χ4n) is 1.81. The lowest BCUT2D eigenvalue weighted by molar-refractivity contribution is 0.298.